The van der Waals surface area contributed by atoms with Gasteiger partial charge >= 0.3 is 0 Å². The number of amides is 1. The quantitative estimate of drug-likeness (QED) is 0.506. The summed E-state index contributed by atoms with van der Waals surface area (Å²) in [4.78, 5) is 16.7. The molecule has 1 aromatic carbocycles. The number of hydrogen-bond acceptors (Lipinski definition) is 6. The lowest BCUT2D eigenvalue weighted by molar-refractivity contribution is -0.121. The van der Waals surface area contributed by atoms with Crippen LogP contribution in [0, 0.1) is 12.8 Å². The van der Waals surface area contributed by atoms with Crippen molar-refractivity contribution in [2.45, 2.75) is 26.7 Å². The molecule has 0 aliphatic heterocycles. The number of nitrogens with zero attached hydrogens (tertiary/aromatic N) is 3. The molecule has 0 aliphatic rings. The molecule has 0 unspecified atom stereocenters. The largest absolute Gasteiger partial charge is 0.495 e. The number of thiophene rings is 1. The van der Waals surface area contributed by atoms with Gasteiger partial charge < -0.3 is 16.2 Å². The van der Waals surface area contributed by atoms with E-state index in [1.807, 2.05) is 17.5 Å². The molecule has 0 saturated heterocycles. The number of carbonyl (C=O) groups is 1. The molecule has 0 spiro atoms. The summed E-state index contributed by atoms with van der Waals surface area (Å²) in [5.74, 6) is 0.774. The van der Waals surface area contributed by atoms with Gasteiger partial charge in [-0.2, -0.15) is 5.10 Å². The third-order valence-corrected chi connectivity index (χ3v) is 6.39. The van der Waals surface area contributed by atoms with Gasteiger partial charge in [-0.15, -0.1) is 11.3 Å². The van der Waals surface area contributed by atoms with Crippen LogP contribution in [0.4, 0.5) is 5.82 Å². The maximum Gasteiger partial charge on any atom is 0.220 e. The van der Waals surface area contributed by atoms with Gasteiger partial charge in [0.1, 0.15) is 17.6 Å². The van der Waals surface area contributed by atoms with Gasteiger partial charge in [0.05, 0.1) is 11.8 Å². The van der Waals surface area contributed by atoms with E-state index in [2.05, 4.69) is 35.2 Å². The molecule has 0 radical (unpaired) electrons. The Morgan fingerprint density at radius 1 is 1.31 bits per heavy atom. The Hall–Kier alpha value is -3.13. The standard InChI is InChI=1S/C21H23N5O2S/c1-11-6-13-8-17(29-19(13)16(7-11)28-3)15-9-14(5-4-12(2)21(23)27)26-18(15)20(22)24-10-25-26/h6-10,12H,4-5H2,1-3H3,(H2,23,27)(H2,22,24,25)/t12-/m1/s1. The van der Waals surface area contributed by atoms with Crippen molar-refractivity contribution in [3.8, 4) is 16.2 Å². The summed E-state index contributed by atoms with van der Waals surface area (Å²) >= 11 is 1.65. The molecule has 3 aromatic heterocycles. The van der Waals surface area contributed by atoms with E-state index in [-0.39, 0.29) is 11.8 Å². The van der Waals surface area contributed by atoms with Crippen molar-refractivity contribution in [2.75, 3.05) is 12.8 Å². The van der Waals surface area contributed by atoms with Crippen molar-refractivity contribution in [1.82, 2.24) is 14.6 Å². The molecular formula is C21H23N5O2S. The van der Waals surface area contributed by atoms with Gasteiger partial charge in [0, 0.05) is 22.1 Å². The molecule has 0 bridgehead atoms. The number of anilines is 1. The summed E-state index contributed by atoms with van der Waals surface area (Å²) in [7, 11) is 1.69. The number of fused-ring (bicyclic) bond motifs is 2. The van der Waals surface area contributed by atoms with Gasteiger partial charge in [-0.3, -0.25) is 4.79 Å². The SMILES string of the molecule is COc1cc(C)cc2cc(-c3cc(CC[C@@H](C)C(N)=O)n4ncnc(N)c34)sc12. The monoisotopic (exact) mass is 409 g/mol. The van der Waals surface area contributed by atoms with Crippen molar-refractivity contribution < 1.29 is 9.53 Å². The highest BCUT2D eigenvalue weighted by molar-refractivity contribution is 7.22. The lowest BCUT2D eigenvalue weighted by Gasteiger charge is -2.06. The fraction of sp³-hybridized carbons (Fsp3) is 0.286. The zero-order chi connectivity index (χ0) is 20.7. The summed E-state index contributed by atoms with van der Waals surface area (Å²) in [6, 6.07) is 8.41. The van der Waals surface area contributed by atoms with Crippen LogP contribution in [0.2, 0.25) is 0 Å². The van der Waals surface area contributed by atoms with Crippen molar-refractivity contribution in [3.05, 3.63) is 41.9 Å². The van der Waals surface area contributed by atoms with Crippen LogP contribution in [0.1, 0.15) is 24.6 Å². The second-order valence-electron chi connectivity index (χ2n) is 7.29. The number of nitrogens with two attached hydrogens (primary N) is 2. The number of methoxy groups -OCH3 is 1. The number of ether oxygens (including phenoxy) is 1. The van der Waals surface area contributed by atoms with Crippen LogP contribution < -0.4 is 16.2 Å². The van der Waals surface area contributed by atoms with Gasteiger partial charge in [-0.05, 0) is 48.9 Å². The minimum atomic E-state index is -0.299. The second-order valence-corrected chi connectivity index (χ2v) is 8.35. The first-order chi connectivity index (χ1) is 13.9. The molecule has 4 aromatic rings. The number of benzene rings is 1. The van der Waals surface area contributed by atoms with E-state index in [0.29, 0.717) is 18.7 Å². The number of aryl methyl sites for hydroxylation is 2. The first-order valence-corrected chi connectivity index (χ1v) is 10.2. The minimum absolute atomic E-state index is 0.209. The summed E-state index contributed by atoms with van der Waals surface area (Å²) in [6.07, 6.45) is 2.75. The van der Waals surface area contributed by atoms with Crippen molar-refractivity contribution in [3.63, 3.8) is 0 Å². The number of aromatic nitrogens is 3. The average Bonchev–Trinajstić information content (AvgIpc) is 3.27. The predicted octanol–water partition coefficient (Wildman–Crippen LogP) is 3.56. The lowest BCUT2D eigenvalue weighted by Crippen LogP contribution is -2.21. The molecule has 3 heterocycles. The number of rotatable bonds is 6. The molecular weight excluding hydrogens is 386 g/mol. The molecule has 0 aliphatic carbocycles. The van der Waals surface area contributed by atoms with Crippen LogP contribution in [0.15, 0.2) is 30.6 Å². The highest BCUT2D eigenvalue weighted by atomic mass is 32.1. The molecule has 4 rings (SSSR count). The fourth-order valence-electron chi connectivity index (χ4n) is 3.55. The minimum Gasteiger partial charge on any atom is -0.495 e. The van der Waals surface area contributed by atoms with E-state index in [1.54, 1.807) is 18.4 Å². The summed E-state index contributed by atoms with van der Waals surface area (Å²) in [5.41, 5.74) is 15.5. The molecule has 1 amide bonds. The maximum atomic E-state index is 11.4. The zero-order valence-corrected chi connectivity index (χ0v) is 17.4. The number of nitrogen functional groups attached to an aromatic ring is 1. The van der Waals surface area contributed by atoms with Gasteiger partial charge in [0.2, 0.25) is 5.91 Å². The first kappa shape index (κ1) is 19.2. The van der Waals surface area contributed by atoms with Crippen molar-refractivity contribution >= 4 is 38.7 Å². The summed E-state index contributed by atoms with van der Waals surface area (Å²) in [6.45, 7) is 3.89. The van der Waals surface area contributed by atoms with Gasteiger partial charge in [0.15, 0.2) is 5.82 Å². The normalized spacial score (nSPS) is 12.5. The van der Waals surface area contributed by atoms with Crippen LogP contribution in [0.25, 0.3) is 26.0 Å². The molecule has 7 nitrogen and oxygen atoms in total. The van der Waals surface area contributed by atoms with E-state index < -0.39 is 0 Å². The Morgan fingerprint density at radius 3 is 2.83 bits per heavy atom. The predicted molar refractivity (Wildman–Crippen MR) is 116 cm³/mol. The molecule has 0 fully saturated rings. The summed E-state index contributed by atoms with van der Waals surface area (Å²) < 4.78 is 8.48. The number of hydrogen-bond donors (Lipinski definition) is 2. The molecule has 29 heavy (non-hydrogen) atoms. The van der Waals surface area contributed by atoms with Crippen molar-refractivity contribution in [2.24, 2.45) is 11.7 Å². The van der Waals surface area contributed by atoms with Crippen LogP contribution >= 0.6 is 11.3 Å². The van der Waals surface area contributed by atoms with E-state index in [4.69, 9.17) is 16.2 Å². The molecule has 1 atom stereocenters. The smallest absolute Gasteiger partial charge is 0.220 e. The molecule has 8 heteroatoms. The highest BCUT2D eigenvalue weighted by Crippen LogP contribution is 2.42. The van der Waals surface area contributed by atoms with E-state index in [9.17, 15) is 4.79 Å². The Morgan fingerprint density at radius 2 is 2.10 bits per heavy atom. The average molecular weight is 410 g/mol. The van der Waals surface area contributed by atoms with Gasteiger partial charge in [-0.1, -0.05) is 13.0 Å². The Bertz CT molecular complexity index is 1230. The molecule has 4 N–H and O–H groups in total. The van der Waals surface area contributed by atoms with Gasteiger partial charge in [0.25, 0.3) is 0 Å². The Labute approximate surface area is 172 Å². The molecule has 150 valence electrons. The third-order valence-electron chi connectivity index (χ3n) is 5.19. The topological polar surface area (TPSA) is 109 Å². The van der Waals surface area contributed by atoms with Crippen LogP contribution in [0.3, 0.4) is 0 Å². The van der Waals surface area contributed by atoms with E-state index in [1.165, 1.54) is 6.33 Å². The Kier molecular flexibility index (Phi) is 4.87. The van der Waals surface area contributed by atoms with E-state index >= 15 is 0 Å². The van der Waals surface area contributed by atoms with Crippen LogP contribution in [-0.2, 0) is 11.2 Å². The Balaban J connectivity index is 1.86. The number of primary amides is 1. The lowest BCUT2D eigenvalue weighted by atomic mass is 10.0. The number of carbonyl (C=O) groups excluding carboxylic acids is 1. The van der Waals surface area contributed by atoms with Crippen LogP contribution in [-0.4, -0.2) is 27.6 Å². The zero-order valence-electron chi connectivity index (χ0n) is 16.6. The van der Waals surface area contributed by atoms with Crippen molar-refractivity contribution in [1.29, 1.82) is 0 Å². The highest BCUT2D eigenvalue weighted by Gasteiger charge is 2.19. The summed E-state index contributed by atoms with van der Waals surface area (Å²) in [5, 5.41) is 5.53. The van der Waals surface area contributed by atoms with E-state index in [0.717, 1.165) is 43.1 Å². The second kappa shape index (κ2) is 7.36. The van der Waals surface area contributed by atoms with Gasteiger partial charge in [-0.25, -0.2) is 9.50 Å². The third kappa shape index (κ3) is 3.40. The maximum absolute atomic E-state index is 11.4. The molecule has 0 saturated carbocycles. The first-order valence-electron chi connectivity index (χ1n) is 9.38. The fourth-order valence-corrected chi connectivity index (χ4v) is 4.70. The van der Waals surface area contributed by atoms with Crippen LogP contribution in [0.5, 0.6) is 5.75 Å².